The van der Waals surface area contributed by atoms with Gasteiger partial charge >= 0.3 is 0 Å². The molecule has 19 heavy (non-hydrogen) atoms. The monoisotopic (exact) mass is 284 g/mol. The van der Waals surface area contributed by atoms with Crippen LogP contribution >= 0.6 is 11.8 Å². The predicted molar refractivity (Wildman–Crippen MR) is 78.0 cm³/mol. The Morgan fingerprint density at radius 3 is 2.58 bits per heavy atom. The molecule has 5 heteroatoms. The van der Waals surface area contributed by atoms with E-state index in [0.29, 0.717) is 5.25 Å². The summed E-state index contributed by atoms with van der Waals surface area (Å²) >= 11 is 1.84. The Morgan fingerprint density at radius 1 is 1.26 bits per heavy atom. The van der Waals surface area contributed by atoms with Crippen LogP contribution in [-0.4, -0.2) is 46.8 Å². The van der Waals surface area contributed by atoms with Crippen molar-refractivity contribution < 1.29 is 9.59 Å². The first-order valence-electron chi connectivity index (χ1n) is 7.18. The second-order valence-electron chi connectivity index (χ2n) is 5.83. The van der Waals surface area contributed by atoms with E-state index < -0.39 is 0 Å². The van der Waals surface area contributed by atoms with Crippen LogP contribution in [0.2, 0.25) is 0 Å². The highest BCUT2D eigenvalue weighted by Gasteiger charge is 2.43. The maximum absolute atomic E-state index is 12.3. The van der Waals surface area contributed by atoms with Crippen molar-refractivity contribution in [3.8, 4) is 0 Å². The smallest absolute Gasteiger partial charge is 0.243 e. The number of amides is 2. The first-order valence-corrected chi connectivity index (χ1v) is 8.46. The molecule has 0 aromatic rings. The number of hydrogen-bond acceptors (Lipinski definition) is 3. The maximum atomic E-state index is 12.3. The normalized spacial score (nSPS) is 32.6. The second-order valence-corrected chi connectivity index (χ2v) is 6.91. The van der Waals surface area contributed by atoms with Gasteiger partial charge < -0.3 is 10.2 Å². The molecule has 2 aliphatic rings. The Balaban J connectivity index is 2.25. The minimum absolute atomic E-state index is 0.0139. The van der Waals surface area contributed by atoms with E-state index in [9.17, 15) is 9.59 Å². The summed E-state index contributed by atoms with van der Waals surface area (Å²) in [6, 6.07) is -0.0614. The zero-order valence-electron chi connectivity index (χ0n) is 12.0. The first kappa shape index (κ1) is 14.7. The molecule has 4 nitrogen and oxygen atoms in total. The molecular formula is C14H24N2O2S. The molecule has 0 spiro atoms. The standard InChI is InChI=1S/C14H24N2O2S/c1-9(2)13-14(18)15-8-12(17)16(13)10-6-4-5-7-11(10)19-3/h9-11,13H,4-8H2,1-3H3,(H,15,18). The molecule has 0 radical (unpaired) electrons. The minimum Gasteiger partial charge on any atom is -0.345 e. The number of thioether (sulfide) groups is 1. The van der Waals surface area contributed by atoms with Gasteiger partial charge in [-0.05, 0) is 25.0 Å². The molecule has 1 aliphatic heterocycles. The topological polar surface area (TPSA) is 49.4 Å². The second kappa shape index (κ2) is 6.16. The summed E-state index contributed by atoms with van der Waals surface area (Å²) in [6.07, 6.45) is 6.71. The number of nitrogens with zero attached hydrogens (tertiary/aromatic N) is 1. The van der Waals surface area contributed by atoms with Crippen LogP contribution in [-0.2, 0) is 9.59 Å². The predicted octanol–water partition coefficient (Wildman–Crippen LogP) is 1.64. The highest BCUT2D eigenvalue weighted by molar-refractivity contribution is 7.99. The summed E-state index contributed by atoms with van der Waals surface area (Å²) in [6.45, 7) is 4.21. The van der Waals surface area contributed by atoms with Crippen LogP contribution in [0.3, 0.4) is 0 Å². The van der Waals surface area contributed by atoms with Gasteiger partial charge in [-0.2, -0.15) is 11.8 Å². The van der Waals surface area contributed by atoms with E-state index in [1.165, 1.54) is 6.42 Å². The Hall–Kier alpha value is -0.710. The Kier molecular flexibility index (Phi) is 4.76. The van der Waals surface area contributed by atoms with E-state index in [1.807, 2.05) is 30.5 Å². The van der Waals surface area contributed by atoms with Crippen LogP contribution in [0.1, 0.15) is 39.5 Å². The third-order valence-electron chi connectivity index (χ3n) is 4.23. The van der Waals surface area contributed by atoms with Crippen molar-refractivity contribution in [2.45, 2.75) is 56.9 Å². The number of hydrogen-bond donors (Lipinski definition) is 1. The molecule has 1 saturated carbocycles. The van der Waals surface area contributed by atoms with Crippen molar-refractivity contribution in [1.82, 2.24) is 10.2 Å². The van der Waals surface area contributed by atoms with Crippen LogP contribution in [0.25, 0.3) is 0 Å². The van der Waals surface area contributed by atoms with E-state index in [2.05, 4.69) is 11.6 Å². The zero-order valence-corrected chi connectivity index (χ0v) is 12.8. The van der Waals surface area contributed by atoms with E-state index >= 15 is 0 Å². The summed E-state index contributed by atoms with van der Waals surface area (Å²) < 4.78 is 0. The lowest BCUT2D eigenvalue weighted by Gasteiger charge is -2.46. The largest absolute Gasteiger partial charge is 0.345 e. The summed E-state index contributed by atoms with van der Waals surface area (Å²) in [5.41, 5.74) is 0. The third-order valence-corrected chi connectivity index (χ3v) is 5.38. The fourth-order valence-electron chi connectivity index (χ4n) is 3.33. The van der Waals surface area contributed by atoms with Crippen LogP contribution < -0.4 is 5.32 Å². The van der Waals surface area contributed by atoms with Gasteiger partial charge in [-0.1, -0.05) is 26.7 Å². The first-order chi connectivity index (χ1) is 9.06. The van der Waals surface area contributed by atoms with E-state index in [4.69, 9.17) is 0 Å². The lowest BCUT2D eigenvalue weighted by molar-refractivity contribution is -0.150. The van der Waals surface area contributed by atoms with E-state index in [0.717, 1.165) is 19.3 Å². The Labute approximate surface area is 119 Å². The maximum Gasteiger partial charge on any atom is 0.243 e. The molecule has 0 aromatic carbocycles. The molecule has 1 aliphatic carbocycles. The molecule has 0 bridgehead atoms. The SMILES string of the molecule is CSC1CCCCC1N1C(=O)CNC(=O)C1C(C)C. The van der Waals surface area contributed by atoms with Crippen molar-refractivity contribution >= 4 is 23.6 Å². The van der Waals surface area contributed by atoms with Crippen LogP contribution in [0, 0.1) is 5.92 Å². The molecule has 1 heterocycles. The van der Waals surface area contributed by atoms with E-state index in [-0.39, 0.29) is 36.4 Å². The van der Waals surface area contributed by atoms with Gasteiger partial charge in [-0.3, -0.25) is 9.59 Å². The average Bonchev–Trinajstić information content (AvgIpc) is 2.40. The molecule has 1 N–H and O–H groups in total. The van der Waals surface area contributed by atoms with Gasteiger partial charge in [0.2, 0.25) is 11.8 Å². The van der Waals surface area contributed by atoms with Gasteiger partial charge in [0, 0.05) is 11.3 Å². The van der Waals surface area contributed by atoms with Crippen molar-refractivity contribution in [3.63, 3.8) is 0 Å². The van der Waals surface area contributed by atoms with Crippen molar-refractivity contribution in [1.29, 1.82) is 0 Å². The van der Waals surface area contributed by atoms with E-state index in [1.54, 1.807) is 0 Å². The van der Waals surface area contributed by atoms with Gasteiger partial charge in [0.15, 0.2) is 0 Å². The number of carbonyl (C=O) groups is 2. The summed E-state index contributed by atoms with van der Waals surface area (Å²) in [5, 5.41) is 3.20. The number of nitrogens with one attached hydrogen (secondary N) is 1. The van der Waals surface area contributed by atoms with Gasteiger partial charge in [0.1, 0.15) is 6.04 Å². The molecule has 2 amide bonds. The summed E-state index contributed by atoms with van der Waals surface area (Å²) in [5.74, 6) is 0.262. The summed E-state index contributed by atoms with van der Waals surface area (Å²) in [7, 11) is 0. The van der Waals surface area contributed by atoms with Crippen LogP contribution in [0.15, 0.2) is 0 Å². The van der Waals surface area contributed by atoms with Gasteiger partial charge in [-0.25, -0.2) is 0 Å². The van der Waals surface area contributed by atoms with Crippen LogP contribution in [0.4, 0.5) is 0 Å². The summed E-state index contributed by atoms with van der Waals surface area (Å²) in [4.78, 5) is 26.3. The quantitative estimate of drug-likeness (QED) is 0.857. The average molecular weight is 284 g/mol. The number of carbonyl (C=O) groups excluding carboxylic acids is 2. The lowest BCUT2D eigenvalue weighted by atomic mass is 9.89. The lowest BCUT2D eigenvalue weighted by Crippen LogP contribution is -2.65. The highest BCUT2D eigenvalue weighted by Crippen LogP contribution is 2.33. The molecule has 3 atom stereocenters. The van der Waals surface area contributed by atoms with Crippen molar-refractivity contribution in [3.05, 3.63) is 0 Å². The number of piperazine rings is 1. The Morgan fingerprint density at radius 2 is 1.95 bits per heavy atom. The van der Waals surface area contributed by atoms with Crippen molar-refractivity contribution in [2.24, 2.45) is 5.92 Å². The molecule has 2 rings (SSSR count). The Bertz CT molecular complexity index is 359. The third kappa shape index (κ3) is 2.91. The molecule has 2 fully saturated rings. The molecule has 1 saturated heterocycles. The molecule has 3 unspecified atom stereocenters. The molecule has 108 valence electrons. The number of rotatable bonds is 3. The fourth-order valence-corrected chi connectivity index (χ4v) is 4.31. The molecule has 0 aromatic heterocycles. The fraction of sp³-hybridized carbons (Fsp3) is 0.857. The van der Waals surface area contributed by atoms with Crippen molar-refractivity contribution in [2.75, 3.05) is 12.8 Å². The highest BCUT2D eigenvalue weighted by atomic mass is 32.2. The molecular weight excluding hydrogens is 260 g/mol. The van der Waals surface area contributed by atoms with Gasteiger partial charge in [-0.15, -0.1) is 0 Å². The van der Waals surface area contributed by atoms with Crippen LogP contribution in [0.5, 0.6) is 0 Å². The van der Waals surface area contributed by atoms with Gasteiger partial charge in [0.25, 0.3) is 0 Å². The minimum atomic E-state index is -0.293. The van der Waals surface area contributed by atoms with Gasteiger partial charge in [0.05, 0.1) is 6.54 Å². The zero-order chi connectivity index (χ0) is 14.0.